The van der Waals surface area contributed by atoms with Gasteiger partial charge in [0.2, 0.25) is 5.82 Å². The molecule has 2 aliphatic heterocycles. The minimum absolute atomic E-state index is 0.963. The fourth-order valence-electron chi connectivity index (χ4n) is 2.63. The normalized spacial score (nSPS) is 28.6. The van der Waals surface area contributed by atoms with Crippen LogP contribution in [0.4, 0.5) is 5.82 Å². The van der Waals surface area contributed by atoms with Crippen molar-refractivity contribution in [2.45, 2.75) is 12.8 Å². The Bertz CT molecular complexity index is 452. The molecule has 4 heteroatoms. The highest BCUT2D eigenvalue weighted by Gasteiger charge is 2.32. The molecule has 16 heavy (non-hydrogen) atoms. The first-order valence-electron chi connectivity index (χ1n) is 5.66. The molecule has 84 valence electrons. The SMILES string of the molecule is [CH2-][NH+]1CCCC2=C(C1)[NH+]([CH2-])c1ncncc12. The highest BCUT2D eigenvalue weighted by molar-refractivity contribution is 5.75. The molecule has 2 atom stereocenters. The first kappa shape index (κ1) is 9.93. The molecule has 0 amide bonds. The van der Waals surface area contributed by atoms with Crippen molar-refractivity contribution in [2.24, 2.45) is 0 Å². The highest BCUT2D eigenvalue weighted by atomic mass is 15.2. The van der Waals surface area contributed by atoms with Crippen LogP contribution in [0.3, 0.4) is 0 Å². The van der Waals surface area contributed by atoms with E-state index >= 15 is 0 Å². The third kappa shape index (κ3) is 1.37. The summed E-state index contributed by atoms with van der Waals surface area (Å²) in [6.07, 6.45) is 5.81. The Morgan fingerprint density at radius 2 is 2.19 bits per heavy atom. The molecule has 1 aromatic heterocycles. The van der Waals surface area contributed by atoms with E-state index in [-0.39, 0.29) is 0 Å². The fourth-order valence-corrected chi connectivity index (χ4v) is 2.63. The van der Waals surface area contributed by atoms with E-state index in [1.54, 1.807) is 6.33 Å². The van der Waals surface area contributed by atoms with Gasteiger partial charge in [0.1, 0.15) is 18.6 Å². The molecular formula is C12H16N4. The van der Waals surface area contributed by atoms with Crippen molar-refractivity contribution in [2.75, 3.05) is 13.1 Å². The van der Waals surface area contributed by atoms with Crippen LogP contribution in [0.2, 0.25) is 0 Å². The van der Waals surface area contributed by atoms with Crippen molar-refractivity contribution in [3.05, 3.63) is 37.9 Å². The minimum Gasteiger partial charge on any atom is -0.460 e. The van der Waals surface area contributed by atoms with E-state index < -0.39 is 0 Å². The van der Waals surface area contributed by atoms with Gasteiger partial charge in [-0.2, -0.15) is 12.0 Å². The molecule has 0 spiro atoms. The molecule has 0 aromatic carbocycles. The molecular weight excluding hydrogens is 200 g/mol. The maximum atomic E-state index is 4.34. The van der Waals surface area contributed by atoms with Crippen molar-refractivity contribution in [3.63, 3.8) is 0 Å². The Kier molecular flexibility index (Phi) is 2.26. The average molecular weight is 216 g/mol. The fraction of sp³-hybridized carbons (Fsp3) is 0.333. The predicted molar refractivity (Wildman–Crippen MR) is 60.2 cm³/mol. The maximum Gasteiger partial charge on any atom is 0.215 e. The first-order chi connectivity index (χ1) is 7.77. The Morgan fingerprint density at radius 3 is 3.06 bits per heavy atom. The van der Waals surface area contributed by atoms with E-state index in [1.807, 2.05) is 6.20 Å². The molecule has 1 aromatic rings. The zero-order valence-corrected chi connectivity index (χ0v) is 9.29. The second-order valence-electron chi connectivity index (χ2n) is 4.50. The number of rotatable bonds is 0. The maximum absolute atomic E-state index is 4.34. The Balaban J connectivity index is 2.09. The standard InChI is InChI=1S/C12H16N4/c1-15-5-3-4-9-10-6-13-8-14-12(10)16(2)11(9)7-15/h6,8,15-16H,1-5,7H2. The van der Waals surface area contributed by atoms with E-state index in [0.29, 0.717) is 0 Å². The van der Waals surface area contributed by atoms with Gasteiger partial charge in [-0.25, -0.2) is 4.98 Å². The topological polar surface area (TPSA) is 34.7 Å². The Morgan fingerprint density at radius 1 is 1.31 bits per heavy atom. The molecule has 0 saturated carbocycles. The summed E-state index contributed by atoms with van der Waals surface area (Å²) in [6, 6.07) is 0. The summed E-state index contributed by atoms with van der Waals surface area (Å²) >= 11 is 0. The van der Waals surface area contributed by atoms with Crippen LogP contribution in [0.15, 0.2) is 18.2 Å². The van der Waals surface area contributed by atoms with Crippen LogP contribution in [0.25, 0.3) is 5.57 Å². The largest absolute Gasteiger partial charge is 0.460 e. The molecule has 4 nitrogen and oxygen atoms in total. The quantitative estimate of drug-likeness (QED) is 0.544. The summed E-state index contributed by atoms with van der Waals surface area (Å²) in [7, 11) is 8.29. The van der Waals surface area contributed by atoms with E-state index in [4.69, 9.17) is 0 Å². The molecule has 2 N–H and O–H groups in total. The summed E-state index contributed by atoms with van der Waals surface area (Å²) in [5.74, 6) is 1.02. The smallest absolute Gasteiger partial charge is 0.215 e. The number of nitrogens with zero attached hydrogens (tertiary/aromatic N) is 2. The average Bonchev–Trinajstić information content (AvgIpc) is 2.47. The number of allylic oxidation sites excluding steroid dienone is 1. The summed E-state index contributed by atoms with van der Waals surface area (Å²) in [4.78, 5) is 10.9. The third-order valence-electron chi connectivity index (χ3n) is 3.44. The third-order valence-corrected chi connectivity index (χ3v) is 3.44. The van der Waals surface area contributed by atoms with Crippen molar-refractivity contribution >= 4 is 11.4 Å². The Labute approximate surface area is 95.6 Å². The summed E-state index contributed by atoms with van der Waals surface area (Å²) in [6.45, 7) is 2.09. The van der Waals surface area contributed by atoms with Gasteiger partial charge in [-0.05, 0) is 12.8 Å². The van der Waals surface area contributed by atoms with Crippen molar-refractivity contribution in [3.8, 4) is 0 Å². The van der Waals surface area contributed by atoms with Gasteiger partial charge in [0.15, 0.2) is 0 Å². The monoisotopic (exact) mass is 216 g/mol. The van der Waals surface area contributed by atoms with E-state index in [9.17, 15) is 0 Å². The molecule has 0 saturated heterocycles. The molecule has 2 aliphatic rings. The van der Waals surface area contributed by atoms with Crippen LogP contribution in [0.1, 0.15) is 18.4 Å². The number of aromatic nitrogens is 2. The Hall–Kier alpha value is -1.26. The van der Waals surface area contributed by atoms with Crippen LogP contribution in [0, 0.1) is 14.1 Å². The van der Waals surface area contributed by atoms with E-state index in [0.717, 1.165) is 30.2 Å². The second kappa shape index (κ2) is 3.64. The number of hydrogen-bond acceptors (Lipinski definition) is 2. The second-order valence-corrected chi connectivity index (χ2v) is 4.50. The van der Waals surface area contributed by atoms with Gasteiger partial charge in [-0.1, -0.05) is 0 Å². The zero-order chi connectivity index (χ0) is 11.1. The van der Waals surface area contributed by atoms with Crippen molar-refractivity contribution in [1.82, 2.24) is 9.97 Å². The van der Waals surface area contributed by atoms with Crippen LogP contribution in [0.5, 0.6) is 0 Å². The van der Waals surface area contributed by atoms with Crippen LogP contribution in [-0.4, -0.2) is 23.1 Å². The molecule has 2 unspecified atom stereocenters. The molecule has 0 fully saturated rings. The van der Waals surface area contributed by atoms with Crippen LogP contribution >= 0.6 is 0 Å². The van der Waals surface area contributed by atoms with Crippen molar-refractivity contribution < 1.29 is 9.80 Å². The van der Waals surface area contributed by atoms with E-state index in [2.05, 4.69) is 24.1 Å². The molecule has 0 radical (unpaired) electrons. The molecule has 0 bridgehead atoms. The van der Waals surface area contributed by atoms with Crippen LogP contribution < -0.4 is 9.80 Å². The van der Waals surface area contributed by atoms with E-state index in [1.165, 1.54) is 28.2 Å². The van der Waals surface area contributed by atoms with Gasteiger partial charge in [0.05, 0.1) is 12.1 Å². The predicted octanol–water partition coefficient (Wildman–Crippen LogP) is -1.02. The lowest BCUT2D eigenvalue weighted by Gasteiger charge is -2.23. The minimum atomic E-state index is 0.963. The highest BCUT2D eigenvalue weighted by Crippen LogP contribution is 2.29. The number of hydrogen-bond donors (Lipinski definition) is 2. The number of nitrogens with one attached hydrogen (secondary N) is 2. The summed E-state index contributed by atoms with van der Waals surface area (Å²) in [5.41, 5.74) is 3.94. The van der Waals surface area contributed by atoms with Crippen molar-refractivity contribution in [1.29, 1.82) is 0 Å². The van der Waals surface area contributed by atoms with Gasteiger partial charge in [0, 0.05) is 11.8 Å². The van der Waals surface area contributed by atoms with Crippen LogP contribution in [-0.2, 0) is 0 Å². The van der Waals surface area contributed by atoms with Gasteiger partial charge < -0.3 is 9.80 Å². The molecule has 3 rings (SSSR count). The van der Waals surface area contributed by atoms with Gasteiger partial charge >= 0.3 is 0 Å². The zero-order valence-electron chi connectivity index (χ0n) is 9.29. The summed E-state index contributed by atoms with van der Waals surface area (Å²) in [5, 5.41) is 0. The lowest BCUT2D eigenvalue weighted by atomic mass is 10.0. The summed E-state index contributed by atoms with van der Waals surface area (Å²) < 4.78 is 0. The van der Waals surface area contributed by atoms with Gasteiger partial charge in [0.25, 0.3) is 0 Å². The molecule has 3 heterocycles. The molecule has 0 aliphatic carbocycles. The lowest BCUT2D eigenvalue weighted by molar-refractivity contribution is -0.869. The first-order valence-corrected chi connectivity index (χ1v) is 5.66. The lowest BCUT2D eigenvalue weighted by Crippen LogP contribution is -3.12. The van der Waals surface area contributed by atoms with Gasteiger partial charge in [-0.3, -0.25) is 0 Å². The van der Waals surface area contributed by atoms with Gasteiger partial charge in [-0.15, -0.1) is 7.05 Å². The number of fused-ring (bicyclic) bond motifs is 2. The number of quaternary nitrogens is 2.